The molecule has 0 amide bonds. The van der Waals surface area contributed by atoms with Gasteiger partial charge in [0.2, 0.25) is 0 Å². The smallest absolute Gasteiger partial charge is 0.0334 e. The lowest BCUT2D eigenvalue weighted by Crippen LogP contribution is -2.62. The first-order valence-electron chi connectivity index (χ1n) is 9.01. The molecule has 2 atom stereocenters. The zero-order chi connectivity index (χ0) is 15.2. The van der Waals surface area contributed by atoms with Crippen LogP contribution in [-0.2, 0) is 0 Å². The molecule has 1 fully saturated rings. The summed E-state index contributed by atoms with van der Waals surface area (Å²) in [5.41, 5.74) is 0.296. The highest BCUT2D eigenvalue weighted by Crippen LogP contribution is 2.37. The van der Waals surface area contributed by atoms with Gasteiger partial charge in [0, 0.05) is 11.6 Å². The van der Waals surface area contributed by atoms with Crippen molar-refractivity contribution in [2.75, 3.05) is 19.6 Å². The lowest BCUT2D eigenvalue weighted by molar-refractivity contribution is 0.0338. The van der Waals surface area contributed by atoms with Crippen LogP contribution in [0, 0.1) is 11.8 Å². The maximum absolute atomic E-state index is 3.87. The van der Waals surface area contributed by atoms with Gasteiger partial charge in [-0.05, 0) is 57.7 Å². The standard InChI is InChI=1S/C18H38N2/c1-7-18(6,20(9-3)10-4)17(19-8-2)16-13-11-15(5)12-14-16/h15-17,19H,7-14H2,1-6H3. The lowest BCUT2D eigenvalue weighted by Gasteiger charge is -2.50. The minimum absolute atomic E-state index is 0.296. The second-order valence-electron chi connectivity index (χ2n) is 6.94. The normalized spacial score (nSPS) is 28.4. The molecule has 120 valence electrons. The van der Waals surface area contributed by atoms with E-state index in [0.29, 0.717) is 11.6 Å². The molecule has 0 heterocycles. The van der Waals surface area contributed by atoms with Gasteiger partial charge < -0.3 is 5.32 Å². The molecule has 0 bridgehead atoms. The van der Waals surface area contributed by atoms with Crippen molar-refractivity contribution in [1.29, 1.82) is 0 Å². The second kappa shape index (κ2) is 8.38. The van der Waals surface area contributed by atoms with Gasteiger partial charge in [-0.25, -0.2) is 0 Å². The Hall–Kier alpha value is -0.0800. The number of rotatable bonds is 8. The minimum Gasteiger partial charge on any atom is -0.312 e. The first kappa shape index (κ1) is 18.0. The van der Waals surface area contributed by atoms with E-state index in [9.17, 15) is 0 Å². The van der Waals surface area contributed by atoms with E-state index in [1.807, 2.05) is 0 Å². The van der Waals surface area contributed by atoms with Crippen molar-refractivity contribution in [2.45, 2.75) is 85.2 Å². The van der Waals surface area contributed by atoms with Crippen LogP contribution in [0.5, 0.6) is 0 Å². The van der Waals surface area contributed by atoms with Gasteiger partial charge in [0.1, 0.15) is 0 Å². The molecule has 1 aliphatic rings. The van der Waals surface area contributed by atoms with E-state index in [1.54, 1.807) is 0 Å². The summed E-state index contributed by atoms with van der Waals surface area (Å²) in [7, 11) is 0. The van der Waals surface area contributed by atoms with Gasteiger partial charge in [-0.15, -0.1) is 0 Å². The summed E-state index contributed by atoms with van der Waals surface area (Å²) < 4.78 is 0. The summed E-state index contributed by atoms with van der Waals surface area (Å²) in [5, 5.41) is 3.87. The quantitative estimate of drug-likeness (QED) is 0.714. The highest BCUT2D eigenvalue weighted by atomic mass is 15.2. The Morgan fingerprint density at radius 1 is 1.05 bits per heavy atom. The molecule has 1 saturated carbocycles. The van der Waals surface area contributed by atoms with E-state index < -0.39 is 0 Å². The maximum atomic E-state index is 3.87. The topological polar surface area (TPSA) is 15.3 Å². The molecular formula is C18H38N2. The molecule has 1 aliphatic carbocycles. The highest BCUT2D eigenvalue weighted by Gasteiger charge is 2.41. The first-order valence-corrected chi connectivity index (χ1v) is 9.01. The van der Waals surface area contributed by atoms with Crippen LogP contribution in [0.3, 0.4) is 0 Å². The molecule has 0 aromatic heterocycles. The van der Waals surface area contributed by atoms with Gasteiger partial charge in [-0.2, -0.15) is 0 Å². The van der Waals surface area contributed by atoms with Crippen molar-refractivity contribution in [3.8, 4) is 0 Å². The average Bonchev–Trinajstić information content (AvgIpc) is 2.47. The van der Waals surface area contributed by atoms with Crippen LogP contribution in [0.25, 0.3) is 0 Å². The van der Waals surface area contributed by atoms with E-state index in [2.05, 4.69) is 51.8 Å². The molecule has 0 saturated heterocycles. The van der Waals surface area contributed by atoms with E-state index in [-0.39, 0.29) is 0 Å². The third kappa shape index (κ3) is 3.98. The third-order valence-electron chi connectivity index (χ3n) is 5.83. The molecule has 2 nitrogen and oxygen atoms in total. The maximum Gasteiger partial charge on any atom is 0.0334 e. The molecule has 0 aliphatic heterocycles. The van der Waals surface area contributed by atoms with Crippen LogP contribution >= 0.6 is 0 Å². The van der Waals surface area contributed by atoms with Crippen LogP contribution in [0.2, 0.25) is 0 Å². The summed E-state index contributed by atoms with van der Waals surface area (Å²) in [6.45, 7) is 17.6. The van der Waals surface area contributed by atoms with Crippen molar-refractivity contribution < 1.29 is 0 Å². The number of likely N-dealkylation sites (N-methyl/N-ethyl adjacent to an activating group) is 2. The van der Waals surface area contributed by atoms with Gasteiger partial charge in [-0.3, -0.25) is 4.90 Å². The summed E-state index contributed by atoms with van der Waals surface area (Å²) in [5.74, 6) is 1.80. The molecule has 1 N–H and O–H groups in total. The van der Waals surface area contributed by atoms with Crippen LogP contribution < -0.4 is 5.32 Å². The molecule has 1 rings (SSSR count). The van der Waals surface area contributed by atoms with Crippen molar-refractivity contribution in [3.05, 3.63) is 0 Å². The molecule has 2 heteroatoms. The van der Waals surface area contributed by atoms with Crippen molar-refractivity contribution >= 4 is 0 Å². The Bertz CT molecular complexity index is 254. The molecule has 0 spiro atoms. The average molecular weight is 283 g/mol. The summed E-state index contributed by atoms with van der Waals surface area (Å²) in [4.78, 5) is 2.68. The van der Waals surface area contributed by atoms with Crippen molar-refractivity contribution in [2.24, 2.45) is 11.8 Å². The third-order valence-corrected chi connectivity index (χ3v) is 5.83. The number of nitrogens with zero attached hydrogens (tertiary/aromatic N) is 1. The Balaban J connectivity index is 2.90. The molecule has 2 unspecified atom stereocenters. The minimum atomic E-state index is 0.296. The molecule has 20 heavy (non-hydrogen) atoms. The summed E-state index contributed by atoms with van der Waals surface area (Å²) in [6, 6.07) is 0.643. The predicted octanol–water partition coefficient (Wildman–Crippen LogP) is 4.30. The summed E-state index contributed by atoms with van der Waals surface area (Å²) >= 11 is 0. The molecular weight excluding hydrogens is 244 g/mol. The number of hydrogen-bond acceptors (Lipinski definition) is 2. The van der Waals surface area contributed by atoms with Crippen LogP contribution in [0.1, 0.15) is 73.6 Å². The number of hydrogen-bond donors (Lipinski definition) is 1. The molecule has 0 aromatic rings. The fourth-order valence-corrected chi connectivity index (χ4v) is 4.32. The molecule has 0 radical (unpaired) electrons. The van der Waals surface area contributed by atoms with Gasteiger partial charge in [0.05, 0.1) is 0 Å². The Morgan fingerprint density at radius 2 is 1.60 bits per heavy atom. The van der Waals surface area contributed by atoms with Gasteiger partial charge in [0.25, 0.3) is 0 Å². The van der Waals surface area contributed by atoms with E-state index in [0.717, 1.165) is 31.5 Å². The fourth-order valence-electron chi connectivity index (χ4n) is 4.32. The van der Waals surface area contributed by atoms with Crippen molar-refractivity contribution in [3.63, 3.8) is 0 Å². The zero-order valence-electron chi connectivity index (χ0n) is 14.8. The van der Waals surface area contributed by atoms with Crippen molar-refractivity contribution in [1.82, 2.24) is 10.2 Å². The van der Waals surface area contributed by atoms with Gasteiger partial charge >= 0.3 is 0 Å². The Morgan fingerprint density at radius 3 is 2.00 bits per heavy atom. The van der Waals surface area contributed by atoms with Crippen LogP contribution in [0.4, 0.5) is 0 Å². The largest absolute Gasteiger partial charge is 0.312 e. The number of nitrogens with one attached hydrogen (secondary N) is 1. The Labute approximate surface area is 127 Å². The highest BCUT2D eigenvalue weighted by molar-refractivity contribution is 5.00. The van der Waals surface area contributed by atoms with E-state index >= 15 is 0 Å². The van der Waals surface area contributed by atoms with E-state index in [1.165, 1.54) is 32.1 Å². The van der Waals surface area contributed by atoms with E-state index in [4.69, 9.17) is 0 Å². The van der Waals surface area contributed by atoms with Gasteiger partial charge in [-0.1, -0.05) is 47.5 Å². The van der Waals surface area contributed by atoms with Gasteiger partial charge in [0.15, 0.2) is 0 Å². The lowest BCUT2D eigenvalue weighted by atomic mass is 9.71. The second-order valence-corrected chi connectivity index (χ2v) is 6.94. The van der Waals surface area contributed by atoms with Crippen LogP contribution in [-0.4, -0.2) is 36.1 Å². The monoisotopic (exact) mass is 282 g/mol. The first-order chi connectivity index (χ1) is 9.53. The SMILES string of the molecule is CCNC(C1CCC(C)CC1)C(C)(CC)N(CC)CC. The molecule has 0 aromatic carbocycles. The fraction of sp³-hybridized carbons (Fsp3) is 1.00. The Kier molecular flexibility index (Phi) is 7.53. The van der Waals surface area contributed by atoms with Crippen LogP contribution in [0.15, 0.2) is 0 Å². The summed E-state index contributed by atoms with van der Waals surface area (Å²) in [6.07, 6.45) is 6.90. The predicted molar refractivity (Wildman–Crippen MR) is 90.2 cm³/mol. The zero-order valence-corrected chi connectivity index (χ0v) is 14.8.